The van der Waals surface area contributed by atoms with Crippen molar-refractivity contribution in [3.8, 4) is 5.13 Å². The minimum atomic E-state index is -1.46. The Bertz CT molecular complexity index is 516. The van der Waals surface area contributed by atoms with Gasteiger partial charge in [0.15, 0.2) is 0 Å². The van der Waals surface area contributed by atoms with E-state index < -0.39 is 22.3 Å². The van der Waals surface area contributed by atoms with Crippen LogP contribution in [0.4, 0.5) is 5.69 Å². The lowest BCUT2D eigenvalue weighted by molar-refractivity contribution is -0.385. The lowest BCUT2D eigenvalue weighted by Crippen LogP contribution is -2.02. The number of carboxylic acid groups (broad SMARTS) is 1. The molecular formula is C6H3N5O4S. The summed E-state index contributed by atoms with van der Waals surface area (Å²) in [6.45, 7) is 0. The van der Waals surface area contributed by atoms with Crippen LogP contribution in [0.25, 0.3) is 5.13 Å². The van der Waals surface area contributed by atoms with Gasteiger partial charge in [0.25, 0.3) is 0 Å². The standard InChI is InChI=1S/C6H3N5O4S/c12-5(13)4-3(11(14)15)1-10(9-4)6-7-2-8-16-6/h1-2H,(H,12,13). The fraction of sp³-hybridized carbons (Fsp3) is 0. The molecule has 0 amide bonds. The molecule has 2 rings (SSSR count). The molecule has 2 heterocycles. The third kappa shape index (κ3) is 1.61. The number of nitro groups is 1. The van der Waals surface area contributed by atoms with Crippen molar-refractivity contribution in [1.29, 1.82) is 0 Å². The maximum atomic E-state index is 10.7. The van der Waals surface area contributed by atoms with E-state index in [1.165, 1.54) is 6.33 Å². The molecule has 9 nitrogen and oxygen atoms in total. The molecule has 0 fully saturated rings. The van der Waals surface area contributed by atoms with Crippen molar-refractivity contribution in [3.63, 3.8) is 0 Å². The van der Waals surface area contributed by atoms with Gasteiger partial charge < -0.3 is 5.11 Å². The van der Waals surface area contributed by atoms with Gasteiger partial charge in [0, 0.05) is 11.5 Å². The Labute approximate surface area is 91.3 Å². The van der Waals surface area contributed by atoms with Crippen molar-refractivity contribution < 1.29 is 14.8 Å². The maximum Gasteiger partial charge on any atom is 0.363 e. The number of hydrogen-bond acceptors (Lipinski definition) is 7. The quantitative estimate of drug-likeness (QED) is 0.606. The Balaban J connectivity index is 2.55. The van der Waals surface area contributed by atoms with Gasteiger partial charge in [0.1, 0.15) is 12.5 Å². The van der Waals surface area contributed by atoms with Gasteiger partial charge in [-0.05, 0) is 0 Å². The number of aromatic carboxylic acids is 1. The number of hydrogen-bond donors (Lipinski definition) is 1. The van der Waals surface area contributed by atoms with Crippen molar-refractivity contribution in [2.24, 2.45) is 0 Å². The van der Waals surface area contributed by atoms with Gasteiger partial charge in [0.05, 0.1) is 4.92 Å². The first-order valence-electron chi connectivity index (χ1n) is 3.84. The number of aromatic nitrogens is 4. The molecule has 16 heavy (non-hydrogen) atoms. The Morgan fingerprint density at radius 1 is 1.62 bits per heavy atom. The van der Waals surface area contributed by atoms with Crippen LogP contribution in [0.1, 0.15) is 10.5 Å². The van der Waals surface area contributed by atoms with Gasteiger partial charge in [-0.1, -0.05) is 0 Å². The molecule has 0 saturated heterocycles. The van der Waals surface area contributed by atoms with Crippen molar-refractivity contribution in [3.05, 3.63) is 28.3 Å². The van der Waals surface area contributed by atoms with E-state index in [-0.39, 0.29) is 5.13 Å². The second kappa shape index (κ2) is 3.66. The van der Waals surface area contributed by atoms with Gasteiger partial charge in [-0.25, -0.2) is 14.5 Å². The van der Waals surface area contributed by atoms with E-state index in [0.717, 1.165) is 22.4 Å². The monoisotopic (exact) mass is 241 g/mol. The lowest BCUT2D eigenvalue weighted by atomic mass is 10.4. The number of rotatable bonds is 3. The summed E-state index contributed by atoms with van der Waals surface area (Å²) >= 11 is 0.945. The smallest absolute Gasteiger partial charge is 0.363 e. The third-order valence-electron chi connectivity index (χ3n) is 1.64. The molecule has 0 aliphatic carbocycles. The first kappa shape index (κ1) is 10.2. The molecule has 0 bridgehead atoms. The molecule has 0 aliphatic heterocycles. The van der Waals surface area contributed by atoms with E-state index in [2.05, 4.69) is 14.5 Å². The maximum absolute atomic E-state index is 10.7. The van der Waals surface area contributed by atoms with E-state index in [9.17, 15) is 14.9 Å². The zero-order chi connectivity index (χ0) is 11.7. The average molecular weight is 241 g/mol. The van der Waals surface area contributed by atoms with Gasteiger partial charge in [-0.3, -0.25) is 10.1 Å². The Morgan fingerprint density at radius 3 is 2.81 bits per heavy atom. The van der Waals surface area contributed by atoms with Gasteiger partial charge in [0.2, 0.25) is 10.8 Å². The van der Waals surface area contributed by atoms with E-state index >= 15 is 0 Å². The van der Waals surface area contributed by atoms with E-state index in [0.29, 0.717) is 0 Å². The summed E-state index contributed by atoms with van der Waals surface area (Å²) < 4.78 is 4.69. The summed E-state index contributed by atoms with van der Waals surface area (Å²) in [6, 6.07) is 0. The van der Waals surface area contributed by atoms with Crippen LogP contribution in [0, 0.1) is 10.1 Å². The summed E-state index contributed by atoms with van der Waals surface area (Å²) in [5, 5.41) is 23.1. The summed E-state index contributed by atoms with van der Waals surface area (Å²) in [6.07, 6.45) is 2.23. The average Bonchev–Trinajstić information content (AvgIpc) is 2.86. The second-order valence-electron chi connectivity index (χ2n) is 2.59. The van der Waals surface area contributed by atoms with Crippen LogP contribution in [0.5, 0.6) is 0 Å². The molecule has 2 aromatic rings. The van der Waals surface area contributed by atoms with Crippen LogP contribution < -0.4 is 0 Å². The minimum Gasteiger partial charge on any atom is -0.476 e. The Hall–Kier alpha value is -2.36. The number of nitrogens with zero attached hydrogens (tertiary/aromatic N) is 5. The third-order valence-corrected chi connectivity index (χ3v) is 2.30. The molecular weight excluding hydrogens is 238 g/mol. The summed E-state index contributed by atoms with van der Waals surface area (Å²) in [5.74, 6) is -1.46. The highest BCUT2D eigenvalue weighted by Gasteiger charge is 2.26. The van der Waals surface area contributed by atoms with E-state index in [1.807, 2.05) is 0 Å². The van der Waals surface area contributed by atoms with Crippen molar-refractivity contribution in [2.45, 2.75) is 0 Å². The molecule has 10 heteroatoms. The van der Waals surface area contributed by atoms with E-state index in [1.54, 1.807) is 0 Å². The second-order valence-corrected chi connectivity index (χ2v) is 3.35. The highest BCUT2D eigenvalue weighted by molar-refractivity contribution is 7.07. The van der Waals surface area contributed by atoms with Gasteiger partial charge >= 0.3 is 11.7 Å². The molecule has 0 radical (unpaired) electrons. The molecule has 0 aromatic carbocycles. The highest BCUT2D eigenvalue weighted by Crippen LogP contribution is 2.19. The Morgan fingerprint density at radius 2 is 2.38 bits per heavy atom. The topological polar surface area (TPSA) is 124 Å². The molecule has 0 aliphatic rings. The van der Waals surface area contributed by atoms with E-state index in [4.69, 9.17) is 5.11 Å². The van der Waals surface area contributed by atoms with Crippen LogP contribution in [-0.2, 0) is 0 Å². The van der Waals surface area contributed by atoms with Gasteiger partial charge in [-0.15, -0.1) is 0 Å². The largest absolute Gasteiger partial charge is 0.476 e. The number of carboxylic acids is 1. The van der Waals surface area contributed by atoms with Crippen molar-refractivity contribution in [1.82, 2.24) is 19.1 Å². The van der Waals surface area contributed by atoms with Crippen LogP contribution in [0.3, 0.4) is 0 Å². The predicted octanol–water partition coefficient (Wildman–Crippen LogP) is 0.330. The zero-order valence-corrected chi connectivity index (χ0v) is 8.29. The fourth-order valence-corrected chi connectivity index (χ4v) is 1.48. The molecule has 0 saturated carbocycles. The summed E-state index contributed by atoms with van der Waals surface area (Å²) in [4.78, 5) is 24.2. The Kier molecular flexibility index (Phi) is 2.32. The molecule has 0 unspecified atom stereocenters. The summed E-state index contributed by atoms with van der Waals surface area (Å²) in [5.41, 5.74) is -1.21. The van der Waals surface area contributed by atoms with Crippen LogP contribution in [0.2, 0.25) is 0 Å². The van der Waals surface area contributed by atoms with Crippen molar-refractivity contribution >= 4 is 23.2 Å². The molecule has 0 spiro atoms. The number of carbonyl (C=O) groups is 1. The fourth-order valence-electron chi connectivity index (χ4n) is 1.02. The minimum absolute atomic E-state index is 0.260. The first-order chi connectivity index (χ1) is 7.59. The highest BCUT2D eigenvalue weighted by atomic mass is 32.1. The SMILES string of the molecule is O=C(O)c1nn(-c2ncns2)cc1[N+](=O)[O-]. The molecule has 1 N–H and O–H groups in total. The van der Waals surface area contributed by atoms with Crippen LogP contribution in [0.15, 0.2) is 12.5 Å². The molecule has 0 atom stereocenters. The van der Waals surface area contributed by atoms with Crippen molar-refractivity contribution in [2.75, 3.05) is 0 Å². The normalized spacial score (nSPS) is 10.2. The molecule has 2 aromatic heterocycles. The first-order valence-corrected chi connectivity index (χ1v) is 4.61. The van der Waals surface area contributed by atoms with Crippen LogP contribution in [-0.4, -0.2) is 35.1 Å². The molecule has 82 valence electrons. The zero-order valence-electron chi connectivity index (χ0n) is 7.47. The summed E-state index contributed by atoms with van der Waals surface area (Å²) in [7, 11) is 0. The lowest BCUT2D eigenvalue weighted by Gasteiger charge is -1.88. The van der Waals surface area contributed by atoms with Crippen LogP contribution >= 0.6 is 11.5 Å². The predicted molar refractivity (Wildman–Crippen MR) is 50.6 cm³/mol. The van der Waals surface area contributed by atoms with Gasteiger partial charge in [-0.2, -0.15) is 9.47 Å².